The lowest BCUT2D eigenvalue weighted by Gasteiger charge is -2.11. The first-order chi connectivity index (χ1) is 25.8. The van der Waals surface area contributed by atoms with E-state index in [-0.39, 0.29) is 0 Å². The molecule has 4 heterocycles. The second-order valence-electron chi connectivity index (χ2n) is 13.8. The molecule has 1 aliphatic rings. The molecular formula is C48H28N4. The molecule has 0 bridgehead atoms. The maximum absolute atomic E-state index is 5.29. The van der Waals surface area contributed by atoms with Crippen molar-refractivity contribution in [2.24, 2.45) is 0 Å². The largest absolute Gasteiger partial charge is 0.309 e. The Morgan fingerprint density at radius 2 is 1.13 bits per heavy atom. The highest BCUT2D eigenvalue weighted by Crippen LogP contribution is 2.47. The minimum absolute atomic E-state index is 0.915. The van der Waals surface area contributed by atoms with E-state index in [4.69, 9.17) is 9.97 Å². The summed E-state index contributed by atoms with van der Waals surface area (Å²) in [6, 6.07) is 59.3. The average Bonchev–Trinajstić information content (AvgIpc) is 3.84. The molecule has 12 rings (SSSR count). The minimum atomic E-state index is 0.915. The third kappa shape index (κ3) is 3.70. The van der Waals surface area contributed by atoms with Crippen molar-refractivity contribution in [1.82, 2.24) is 19.1 Å². The molecule has 4 heteroatoms. The van der Waals surface area contributed by atoms with Crippen LogP contribution in [-0.4, -0.2) is 19.1 Å². The van der Waals surface area contributed by atoms with Crippen molar-refractivity contribution in [3.05, 3.63) is 170 Å². The van der Waals surface area contributed by atoms with Gasteiger partial charge in [-0.2, -0.15) is 0 Å². The molecule has 0 spiro atoms. The highest BCUT2D eigenvalue weighted by molar-refractivity contribution is 6.20. The zero-order valence-corrected chi connectivity index (χ0v) is 28.0. The lowest BCUT2D eigenvalue weighted by atomic mass is 10.00. The summed E-state index contributed by atoms with van der Waals surface area (Å²) >= 11 is 0. The molecule has 0 aliphatic heterocycles. The lowest BCUT2D eigenvalue weighted by molar-refractivity contribution is 1.10. The van der Waals surface area contributed by atoms with E-state index in [9.17, 15) is 0 Å². The number of hydrogen-bond donors (Lipinski definition) is 0. The van der Waals surface area contributed by atoms with Gasteiger partial charge < -0.3 is 4.57 Å². The molecule has 1 aliphatic carbocycles. The summed E-state index contributed by atoms with van der Waals surface area (Å²) in [4.78, 5) is 10.0. The van der Waals surface area contributed by atoms with Gasteiger partial charge in [-0.25, -0.2) is 4.98 Å². The molecule has 4 aromatic heterocycles. The van der Waals surface area contributed by atoms with E-state index in [0.29, 0.717) is 0 Å². The number of benzene rings is 7. The Balaban J connectivity index is 1.08. The van der Waals surface area contributed by atoms with Crippen LogP contribution in [-0.2, 0) is 0 Å². The van der Waals surface area contributed by atoms with Crippen molar-refractivity contribution in [2.75, 3.05) is 0 Å². The zero-order valence-electron chi connectivity index (χ0n) is 28.0. The Morgan fingerprint density at radius 1 is 0.423 bits per heavy atom. The molecule has 0 fully saturated rings. The van der Waals surface area contributed by atoms with Crippen molar-refractivity contribution in [3.8, 4) is 45.0 Å². The molecule has 0 atom stereocenters. The molecule has 52 heavy (non-hydrogen) atoms. The van der Waals surface area contributed by atoms with Gasteiger partial charge in [0.2, 0.25) is 0 Å². The normalized spacial score (nSPS) is 12.2. The van der Waals surface area contributed by atoms with Gasteiger partial charge in [0.25, 0.3) is 0 Å². The van der Waals surface area contributed by atoms with Gasteiger partial charge in [-0.05, 0) is 82.7 Å². The summed E-state index contributed by atoms with van der Waals surface area (Å²) in [5.74, 6) is 0.915. The van der Waals surface area contributed by atoms with Crippen molar-refractivity contribution >= 4 is 65.3 Å². The fourth-order valence-corrected chi connectivity index (χ4v) is 8.84. The van der Waals surface area contributed by atoms with Crippen LogP contribution >= 0.6 is 0 Å². The molecule has 0 amide bonds. The molecule has 0 saturated heterocycles. The monoisotopic (exact) mass is 660 g/mol. The Hall–Kier alpha value is -7.04. The van der Waals surface area contributed by atoms with Crippen LogP contribution in [0.25, 0.3) is 110 Å². The van der Waals surface area contributed by atoms with Crippen LogP contribution in [0.15, 0.2) is 170 Å². The van der Waals surface area contributed by atoms with Crippen LogP contribution in [0.2, 0.25) is 0 Å². The van der Waals surface area contributed by atoms with E-state index in [1.54, 1.807) is 0 Å². The smallest absolute Gasteiger partial charge is 0.138 e. The zero-order chi connectivity index (χ0) is 33.9. The molecule has 7 aromatic carbocycles. The van der Waals surface area contributed by atoms with Crippen LogP contribution < -0.4 is 0 Å². The predicted molar refractivity (Wildman–Crippen MR) is 216 cm³/mol. The second kappa shape index (κ2) is 10.3. The van der Waals surface area contributed by atoms with Gasteiger partial charge >= 0.3 is 0 Å². The Bertz CT molecular complexity index is 3290. The fourth-order valence-electron chi connectivity index (χ4n) is 8.84. The number of rotatable bonds is 3. The van der Waals surface area contributed by atoms with Crippen LogP contribution in [0.4, 0.5) is 0 Å². The molecule has 0 saturated carbocycles. The highest BCUT2D eigenvalue weighted by Gasteiger charge is 2.25. The second-order valence-corrected chi connectivity index (χ2v) is 13.8. The Labute approximate surface area is 298 Å². The van der Waals surface area contributed by atoms with Crippen molar-refractivity contribution < 1.29 is 0 Å². The van der Waals surface area contributed by atoms with Crippen molar-refractivity contribution in [3.63, 3.8) is 0 Å². The number of hydrogen-bond acceptors (Lipinski definition) is 2. The molecular weight excluding hydrogens is 633 g/mol. The van der Waals surface area contributed by atoms with E-state index in [1.165, 1.54) is 65.4 Å². The predicted octanol–water partition coefficient (Wildman–Crippen LogP) is 12.3. The first kappa shape index (κ1) is 27.7. The van der Waals surface area contributed by atoms with Gasteiger partial charge in [0, 0.05) is 55.3 Å². The molecule has 240 valence electrons. The van der Waals surface area contributed by atoms with Gasteiger partial charge in [0.1, 0.15) is 5.82 Å². The molecule has 0 N–H and O–H groups in total. The lowest BCUT2D eigenvalue weighted by Crippen LogP contribution is -1.98. The first-order valence-electron chi connectivity index (χ1n) is 17.7. The van der Waals surface area contributed by atoms with Crippen molar-refractivity contribution in [1.29, 1.82) is 0 Å². The van der Waals surface area contributed by atoms with Gasteiger partial charge in [0.05, 0.1) is 33.3 Å². The number of nitrogens with zero attached hydrogens (tertiary/aromatic N) is 4. The summed E-state index contributed by atoms with van der Waals surface area (Å²) < 4.78 is 4.75. The third-order valence-electron chi connectivity index (χ3n) is 11.1. The molecule has 0 unspecified atom stereocenters. The van der Waals surface area contributed by atoms with E-state index < -0.39 is 0 Å². The molecule has 0 radical (unpaired) electrons. The van der Waals surface area contributed by atoms with Crippen molar-refractivity contribution in [2.45, 2.75) is 0 Å². The Kier molecular flexibility index (Phi) is 5.47. The van der Waals surface area contributed by atoms with Gasteiger partial charge in [-0.3, -0.25) is 9.55 Å². The van der Waals surface area contributed by atoms with Gasteiger partial charge in [-0.15, -0.1) is 0 Å². The first-order valence-corrected chi connectivity index (χ1v) is 17.7. The van der Waals surface area contributed by atoms with E-state index >= 15 is 0 Å². The average molecular weight is 661 g/mol. The van der Waals surface area contributed by atoms with E-state index in [1.807, 2.05) is 12.3 Å². The minimum Gasteiger partial charge on any atom is -0.309 e. The summed E-state index contributed by atoms with van der Waals surface area (Å²) in [5.41, 5.74) is 13.8. The summed E-state index contributed by atoms with van der Waals surface area (Å²) in [7, 11) is 0. The van der Waals surface area contributed by atoms with Crippen LogP contribution in [0.5, 0.6) is 0 Å². The SMILES string of the molecule is c1ccc(-n2c3ccc(-c4ccc5c(c4)c4ccccc4n5-c4cc5c6c(cccc6n4)-c4ncccc4-5)cc3c3ccc4ccccc4c32)cc1. The van der Waals surface area contributed by atoms with E-state index in [0.717, 1.165) is 44.9 Å². The van der Waals surface area contributed by atoms with Crippen LogP contribution in [0, 0.1) is 0 Å². The topological polar surface area (TPSA) is 35.6 Å². The molecule has 11 aromatic rings. The van der Waals surface area contributed by atoms with E-state index in [2.05, 4.69) is 167 Å². The summed E-state index contributed by atoms with van der Waals surface area (Å²) in [6.07, 6.45) is 1.88. The number of pyridine rings is 2. The molecule has 4 nitrogen and oxygen atoms in total. The fraction of sp³-hybridized carbons (Fsp3) is 0. The standard InChI is InChI=1S/C48H28N4/c1-2-11-32(12-3-1)51-43-23-20-31(27-39(43)36-22-19-29-10-4-5-13-33(29)48(36)51)30-21-24-44-38(26-30)34-14-6-7-18-42(34)52(44)45-28-40-35-16-9-25-49-47(35)37-15-8-17-41(50-45)46(37)40/h1-28H. The Morgan fingerprint density at radius 3 is 2.00 bits per heavy atom. The van der Waals surface area contributed by atoms with Crippen LogP contribution in [0.3, 0.4) is 0 Å². The number of fused-ring (bicyclic) bond motifs is 11. The highest BCUT2D eigenvalue weighted by atomic mass is 15.1. The summed E-state index contributed by atoms with van der Waals surface area (Å²) in [6.45, 7) is 0. The maximum Gasteiger partial charge on any atom is 0.138 e. The number of aromatic nitrogens is 4. The maximum atomic E-state index is 5.29. The number of para-hydroxylation sites is 2. The summed E-state index contributed by atoms with van der Waals surface area (Å²) in [5, 5.41) is 8.60. The quantitative estimate of drug-likeness (QED) is 0.189. The van der Waals surface area contributed by atoms with Crippen LogP contribution in [0.1, 0.15) is 0 Å². The van der Waals surface area contributed by atoms with Gasteiger partial charge in [0.15, 0.2) is 0 Å². The third-order valence-corrected chi connectivity index (χ3v) is 11.1. The van der Waals surface area contributed by atoms with Gasteiger partial charge in [-0.1, -0.05) is 103 Å².